The molecular weight excluding hydrogens is 232 g/mol. The van der Waals surface area contributed by atoms with E-state index in [2.05, 4.69) is 4.72 Å². The van der Waals surface area contributed by atoms with Gasteiger partial charge in [-0.2, -0.15) is 12.7 Å². The Morgan fingerprint density at radius 1 is 1.44 bits per heavy atom. The molecule has 0 aromatic carbocycles. The third kappa shape index (κ3) is 6.76. The molecule has 7 heteroatoms. The van der Waals surface area contributed by atoms with Gasteiger partial charge in [0.2, 0.25) is 0 Å². The van der Waals surface area contributed by atoms with Crippen molar-refractivity contribution in [2.24, 2.45) is 5.92 Å². The zero-order chi connectivity index (χ0) is 12.8. The quantitative estimate of drug-likeness (QED) is 0.649. The van der Waals surface area contributed by atoms with E-state index in [1.165, 1.54) is 7.05 Å². The maximum absolute atomic E-state index is 11.5. The van der Waals surface area contributed by atoms with E-state index < -0.39 is 16.2 Å². The van der Waals surface area contributed by atoms with Gasteiger partial charge in [0.25, 0.3) is 10.2 Å². The van der Waals surface area contributed by atoms with Crippen LogP contribution in [-0.4, -0.2) is 43.9 Å². The fourth-order valence-corrected chi connectivity index (χ4v) is 1.89. The average Bonchev–Trinajstić information content (AvgIpc) is 2.12. The van der Waals surface area contributed by atoms with E-state index in [4.69, 9.17) is 5.11 Å². The molecule has 0 aliphatic carbocycles. The highest BCUT2D eigenvalue weighted by Gasteiger charge is 2.17. The molecule has 0 bridgehead atoms. The van der Waals surface area contributed by atoms with Crippen LogP contribution in [0.15, 0.2) is 0 Å². The first-order valence-corrected chi connectivity index (χ1v) is 6.62. The molecule has 2 N–H and O–H groups in total. The molecule has 0 fully saturated rings. The monoisotopic (exact) mass is 252 g/mol. The Labute approximate surface area is 96.8 Å². The first-order chi connectivity index (χ1) is 7.25. The predicted octanol–water partition coefficient (Wildman–Crippen LogP) is 0.273. The van der Waals surface area contributed by atoms with Gasteiger partial charge in [0.05, 0.1) is 6.42 Å². The Morgan fingerprint density at radius 3 is 2.44 bits per heavy atom. The minimum atomic E-state index is -3.53. The van der Waals surface area contributed by atoms with E-state index in [9.17, 15) is 13.2 Å². The van der Waals surface area contributed by atoms with Gasteiger partial charge in [0.15, 0.2) is 0 Å². The summed E-state index contributed by atoms with van der Waals surface area (Å²) in [5, 5.41) is 8.44. The summed E-state index contributed by atoms with van der Waals surface area (Å²) in [4.78, 5) is 10.3. The lowest BCUT2D eigenvalue weighted by Gasteiger charge is -2.17. The second-order valence-electron chi connectivity index (χ2n) is 4.05. The van der Waals surface area contributed by atoms with Crippen molar-refractivity contribution in [3.63, 3.8) is 0 Å². The normalized spacial score (nSPS) is 12.3. The van der Waals surface area contributed by atoms with Crippen molar-refractivity contribution in [2.45, 2.75) is 26.7 Å². The number of rotatable bonds is 8. The molecule has 0 saturated heterocycles. The second kappa shape index (κ2) is 6.82. The fraction of sp³-hybridized carbons (Fsp3) is 0.889. The highest BCUT2D eigenvalue weighted by Crippen LogP contribution is 2.00. The van der Waals surface area contributed by atoms with Gasteiger partial charge in [0, 0.05) is 20.1 Å². The van der Waals surface area contributed by atoms with Gasteiger partial charge in [-0.15, -0.1) is 0 Å². The first kappa shape index (κ1) is 15.3. The molecule has 0 aliphatic rings. The van der Waals surface area contributed by atoms with E-state index in [-0.39, 0.29) is 13.0 Å². The Hall–Kier alpha value is -0.660. The standard InChI is InChI=1S/C9H20N2O4S/c1-8(2)4-6-10-16(14,15)11(3)7-5-9(12)13/h8,10H,4-7H2,1-3H3,(H,12,13). The summed E-state index contributed by atoms with van der Waals surface area (Å²) < 4.78 is 26.5. The maximum Gasteiger partial charge on any atom is 0.304 e. The highest BCUT2D eigenvalue weighted by atomic mass is 32.2. The predicted molar refractivity (Wildman–Crippen MR) is 61.3 cm³/mol. The third-order valence-electron chi connectivity index (χ3n) is 2.06. The summed E-state index contributed by atoms with van der Waals surface area (Å²) >= 11 is 0. The molecule has 6 nitrogen and oxygen atoms in total. The van der Waals surface area contributed by atoms with Crippen molar-refractivity contribution in [2.75, 3.05) is 20.1 Å². The lowest BCUT2D eigenvalue weighted by Crippen LogP contribution is -2.39. The molecule has 16 heavy (non-hydrogen) atoms. The van der Waals surface area contributed by atoms with Crippen LogP contribution in [0.4, 0.5) is 0 Å². The molecule has 0 unspecified atom stereocenters. The Balaban J connectivity index is 4.06. The van der Waals surface area contributed by atoms with Crippen LogP contribution >= 0.6 is 0 Å². The number of aliphatic carboxylic acids is 1. The summed E-state index contributed by atoms with van der Waals surface area (Å²) in [6.45, 7) is 4.36. The number of nitrogens with zero attached hydrogens (tertiary/aromatic N) is 1. The molecule has 96 valence electrons. The minimum absolute atomic E-state index is 0.0215. The van der Waals surface area contributed by atoms with Gasteiger partial charge in [-0.25, -0.2) is 4.72 Å². The first-order valence-electron chi connectivity index (χ1n) is 5.18. The molecule has 0 aliphatic heterocycles. The SMILES string of the molecule is CC(C)CCNS(=O)(=O)N(C)CCC(=O)O. The fourth-order valence-electron chi connectivity index (χ4n) is 0.960. The highest BCUT2D eigenvalue weighted by molar-refractivity contribution is 7.87. The molecule has 0 aromatic rings. The van der Waals surface area contributed by atoms with Crippen LogP contribution in [0, 0.1) is 5.92 Å². The maximum atomic E-state index is 11.5. The van der Waals surface area contributed by atoms with E-state index in [1.807, 2.05) is 13.8 Å². The molecule has 0 heterocycles. The number of nitrogens with one attached hydrogen (secondary N) is 1. The van der Waals surface area contributed by atoms with Crippen LogP contribution in [0.1, 0.15) is 26.7 Å². The van der Waals surface area contributed by atoms with Gasteiger partial charge < -0.3 is 5.11 Å². The van der Waals surface area contributed by atoms with E-state index in [0.29, 0.717) is 12.5 Å². The van der Waals surface area contributed by atoms with Crippen LogP contribution in [-0.2, 0) is 15.0 Å². The summed E-state index contributed by atoms with van der Waals surface area (Å²) in [6.07, 6.45) is 0.563. The van der Waals surface area contributed by atoms with Gasteiger partial charge in [-0.05, 0) is 12.3 Å². The molecule has 0 rings (SSSR count). The second-order valence-corrected chi connectivity index (χ2v) is 5.91. The van der Waals surface area contributed by atoms with Gasteiger partial charge >= 0.3 is 5.97 Å². The molecule has 0 spiro atoms. The van der Waals surface area contributed by atoms with E-state index >= 15 is 0 Å². The largest absolute Gasteiger partial charge is 0.481 e. The number of carbonyl (C=O) groups is 1. The van der Waals surface area contributed by atoms with Crippen molar-refractivity contribution < 1.29 is 18.3 Å². The molecular formula is C9H20N2O4S. The van der Waals surface area contributed by atoms with Crippen molar-refractivity contribution >= 4 is 16.2 Å². The summed E-state index contributed by atoms with van der Waals surface area (Å²) in [5.74, 6) is -0.587. The number of carboxylic acids is 1. The van der Waals surface area contributed by atoms with Crippen LogP contribution in [0.25, 0.3) is 0 Å². The Kier molecular flexibility index (Phi) is 6.54. The summed E-state index contributed by atoms with van der Waals surface area (Å²) in [7, 11) is -2.17. The lowest BCUT2D eigenvalue weighted by molar-refractivity contribution is -0.137. The van der Waals surface area contributed by atoms with Crippen LogP contribution in [0.3, 0.4) is 0 Å². The molecule has 0 saturated carbocycles. The zero-order valence-corrected chi connectivity index (χ0v) is 10.7. The molecule has 0 aromatic heterocycles. The summed E-state index contributed by atoms with van der Waals surface area (Å²) in [6, 6.07) is 0. The van der Waals surface area contributed by atoms with Crippen LogP contribution in [0.5, 0.6) is 0 Å². The zero-order valence-electron chi connectivity index (χ0n) is 9.93. The molecule has 0 atom stereocenters. The van der Waals surface area contributed by atoms with Crippen LogP contribution < -0.4 is 4.72 Å². The Morgan fingerprint density at radius 2 is 2.00 bits per heavy atom. The van der Waals surface area contributed by atoms with E-state index in [0.717, 1.165) is 10.7 Å². The number of carboxylic acid groups (broad SMARTS) is 1. The average molecular weight is 252 g/mol. The number of hydrogen-bond acceptors (Lipinski definition) is 3. The van der Waals surface area contributed by atoms with Gasteiger partial charge in [0.1, 0.15) is 0 Å². The van der Waals surface area contributed by atoms with E-state index in [1.54, 1.807) is 0 Å². The van der Waals surface area contributed by atoms with Gasteiger partial charge in [-0.3, -0.25) is 4.79 Å². The smallest absolute Gasteiger partial charge is 0.304 e. The van der Waals surface area contributed by atoms with Crippen molar-refractivity contribution in [1.29, 1.82) is 0 Å². The van der Waals surface area contributed by atoms with Crippen molar-refractivity contribution in [3.05, 3.63) is 0 Å². The Bertz CT molecular complexity index is 313. The van der Waals surface area contributed by atoms with Crippen molar-refractivity contribution in [3.8, 4) is 0 Å². The van der Waals surface area contributed by atoms with Crippen molar-refractivity contribution in [1.82, 2.24) is 9.03 Å². The number of hydrogen-bond donors (Lipinski definition) is 2. The minimum Gasteiger partial charge on any atom is -0.481 e. The molecule has 0 radical (unpaired) electrons. The summed E-state index contributed by atoms with van der Waals surface area (Å²) in [5.41, 5.74) is 0. The van der Waals surface area contributed by atoms with Gasteiger partial charge in [-0.1, -0.05) is 13.8 Å². The lowest BCUT2D eigenvalue weighted by atomic mass is 10.1. The molecule has 0 amide bonds. The van der Waals surface area contributed by atoms with Crippen LogP contribution in [0.2, 0.25) is 0 Å². The topological polar surface area (TPSA) is 86.7 Å². The third-order valence-corrected chi connectivity index (χ3v) is 3.63.